The van der Waals surface area contributed by atoms with E-state index in [1.165, 1.54) is 186 Å². The van der Waals surface area contributed by atoms with Crippen LogP contribution < -0.4 is 0 Å². The molecular formula is C49H72N2S. The summed E-state index contributed by atoms with van der Waals surface area (Å²) in [6, 6.07) is 19.6. The SMILES string of the molecule is CCCCCCCCCCCCC1(CCCCCCCCCCCC)c2cc(-c3ccc(C(C)C)c4nsnc34)ccc2-c2ccc(C(C)C)cc21. The molecule has 0 amide bonds. The number of unbranched alkanes of at least 4 members (excludes halogenated alkanes) is 18. The van der Waals surface area contributed by atoms with Crippen molar-refractivity contribution in [1.29, 1.82) is 0 Å². The van der Waals surface area contributed by atoms with Gasteiger partial charge in [-0.1, -0.05) is 212 Å². The molecule has 0 bridgehead atoms. The van der Waals surface area contributed by atoms with Gasteiger partial charge in [0.2, 0.25) is 0 Å². The van der Waals surface area contributed by atoms with Crippen LogP contribution >= 0.6 is 11.7 Å². The van der Waals surface area contributed by atoms with Gasteiger partial charge in [-0.3, -0.25) is 0 Å². The lowest BCUT2D eigenvalue weighted by Gasteiger charge is -2.33. The highest BCUT2D eigenvalue weighted by Crippen LogP contribution is 2.55. The Kier molecular flexibility index (Phi) is 16.3. The summed E-state index contributed by atoms with van der Waals surface area (Å²) in [5.74, 6) is 0.960. The summed E-state index contributed by atoms with van der Waals surface area (Å²) < 4.78 is 9.68. The topological polar surface area (TPSA) is 25.8 Å². The highest BCUT2D eigenvalue weighted by atomic mass is 32.1. The van der Waals surface area contributed by atoms with Crippen LogP contribution in [0.2, 0.25) is 0 Å². The van der Waals surface area contributed by atoms with Crippen LogP contribution in [0.25, 0.3) is 33.3 Å². The molecule has 0 N–H and O–H groups in total. The first-order chi connectivity index (χ1) is 25.4. The second kappa shape index (κ2) is 20.8. The van der Waals surface area contributed by atoms with Crippen molar-refractivity contribution in [3.63, 3.8) is 0 Å². The molecule has 5 rings (SSSR count). The van der Waals surface area contributed by atoms with E-state index in [4.69, 9.17) is 8.75 Å². The number of hydrogen-bond acceptors (Lipinski definition) is 3. The van der Waals surface area contributed by atoms with E-state index in [0.29, 0.717) is 11.8 Å². The third-order valence-corrected chi connectivity index (χ3v) is 12.9. The zero-order chi connectivity index (χ0) is 36.8. The maximum absolute atomic E-state index is 4.88. The molecule has 3 aromatic carbocycles. The molecule has 284 valence electrons. The van der Waals surface area contributed by atoms with Crippen molar-refractivity contribution in [2.75, 3.05) is 0 Å². The maximum Gasteiger partial charge on any atom is 0.112 e. The lowest BCUT2D eigenvalue weighted by molar-refractivity contribution is 0.396. The minimum atomic E-state index is 0.0726. The largest absolute Gasteiger partial charge is 0.173 e. The second-order valence-electron chi connectivity index (χ2n) is 17.0. The Morgan fingerprint density at radius 2 is 0.942 bits per heavy atom. The van der Waals surface area contributed by atoms with Crippen LogP contribution in [0.15, 0.2) is 48.5 Å². The fourth-order valence-electron chi connectivity index (χ4n) is 9.12. The first-order valence-electron chi connectivity index (χ1n) is 22.0. The molecule has 1 aliphatic rings. The summed E-state index contributed by atoms with van der Waals surface area (Å²) in [5, 5.41) is 0. The van der Waals surface area contributed by atoms with Gasteiger partial charge in [0.25, 0.3) is 0 Å². The molecule has 52 heavy (non-hydrogen) atoms. The molecule has 2 nitrogen and oxygen atoms in total. The zero-order valence-corrected chi connectivity index (χ0v) is 34.9. The van der Waals surface area contributed by atoms with Gasteiger partial charge in [0.1, 0.15) is 11.0 Å². The lowest BCUT2D eigenvalue weighted by atomic mass is 9.69. The highest BCUT2D eigenvalue weighted by Gasteiger charge is 2.42. The third kappa shape index (κ3) is 10.2. The van der Waals surface area contributed by atoms with Gasteiger partial charge in [0.05, 0.1) is 11.7 Å². The quantitative estimate of drug-likeness (QED) is 0.0637. The summed E-state index contributed by atoms with van der Waals surface area (Å²) in [6.07, 6.45) is 30.2. The van der Waals surface area contributed by atoms with Gasteiger partial charge in [0.15, 0.2) is 0 Å². The van der Waals surface area contributed by atoms with Crippen LogP contribution in [0.4, 0.5) is 0 Å². The molecule has 0 fully saturated rings. The van der Waals surface area contributed by atoms with E-state index in [2.05, 4.69) is 90.1 Å². The van der Waals surface area contributed by atoms with Gasteiger partial charge in [-0.15, -0.1) is 0 Å². The van der Waals surface area contributed by atoms with Crippen LogP contribution in [0, 0.1) is 0 Å². The monoisotopic (exact) mass is 721 g/mol. The zero-order valence-electron chi connectivity index (χ0n) is 34.1. The van der Waals surface area contributed by atoms with E-state index >= 15 is 0 Å². The van der Waals surface area contributed by atoms with Crippen molar-refractivity contribution >= 4 is 22.8 Å². The molecule has 4 aromatic rings. The highest BCUT2D eigenvalue weighted by molar-refractivity contribution is 7.00. The van der Waals surface area contributed by atoms with E-state index in [1.807, 2.05) is 0 Å². The minimum absolute atomic E-state index is 0.0726. The number of rotatable bonds is 25. The summed E-state index contributed by atoms with van der Waals surface area (Å²) in [4.78, 5) is 0. The first kappa shape index (κ1) is 40.7. The fourth-order valence-corrected chi connectivity index (χ4v) is 9.70. The number of benzene rings is 3. The maximum atomic E-state index is 4.88. The molecule has 0 unspecified atom stereocenters. The minimum Gasteiger partial charge on any atom is -0.173 e. The average Bonchev–Trinajstić information content (AvgIpc) is 3.74. The van der Waals surface area contributed by atoms with Gasteiger partial charge in [-0.05, 0) is 69.7 Å². The molecule has 1 aromatic heterocycles. The van der Waals surface area contributed by atoms with Gasteiger partial charge in [0, 0.05) is 11.0 Å². The van der Waals surface area contributed by atoms with Gasteiger partial charge in [-0.25, -0.2) is 0 Å². The Hall–Kier alpha value is -2.52. The Balaban J connectivity index is 1.41. The molecule has 0 spiro atoms. The van der Waals surface area contributed by atoms with Crippen LogP contribution in [0.3, 0.4) is 0 Å². The van der Waals surface area contributed by atoms with Crippen molar-refractivity contribution in [2.24, 2.45) is 0 Å². The summed E-state index contributed by atoms with van der Waals surface area (Å²) in [5.41, 5.74) is 13.7. The summed E-state index contributed by atoms with van der Waals surface area (Å²) >= 11 is 1.36. The van der Waals surface area contributed by atoms with Crippen molar-refractivity contribution in [2.45, 2.75) is 200 Å². The van der Waals surface area contributed by atoms with E-state index < -0.39 is 0 Å². The van der Waals surface area contributed by atoms with Gasteiger partial charge >= 0.3 is 0 Å². The molecular weight excluding hydrogens is 649 g/mol. The summed E-state index contributed by atoms with van der Waals surface area (Å²) in [6.45, 7) is 13.9. The van der Waals surface area contributed by atoms with Crippen molar-refractivity contribution in [3.8, 4) is 22.3 Å². The van der Waals surface area contributed by atoms with Crippen LogP contribution in [-0.4, -0.2) is 8.75 Å². The van der Waals surface area contributed by atoms with Crippen molar-refractivity contribution in [3.05, 3.63) is 70.8 Å². The molecule has 0 radical (unpaired) electrons. The molecule has 1 heterocycles. The standard InChI is InChI=1S/C49H72N2S/c1-7-9-11-13-15-17-19-21-23-25-33-49(34-26-24-22-20-18-16-14-12-10-8-2)45-35-39(37(3)4)27-29-43(45)44-30-28-40(36-46(44)49)42-32-31-41(38(5)6)47-48(42)51-52-50-47/h27-32,35-38H,7-26,33-34H2,1-6H3. The Labute approximate surface area is 323 Å². The normalized spacial score (nSPS) is 13.5. The first-order valence-corrected chi connectivity index (χ1v) is 22.7. The lowest BCUT2D eigenvalue weighted by Crippen LogP contribution is -2.26. The number of fused-ring (bicyclic) bond motifs is 4. The predicted octanol–water partition coefficient (Wildman–Crippen LogP) is 16.5. The molecule has 0 atom stereocenters. The van der Waals surface area contributed by atoms with Crippen LogP contribution in [0.5, 0.6) is 0 Å². The van der Waals surface area contributed by atoms with Crippen molar-refractivity contribution in [1.82, 2.24) is 8.75 Å². The predicted molar refractivity (Wildman–Crippen MR) is 230 cm³/mol. The molecule has 1 aliphatic carbocycles. The van der Waals surface area contributed by atoms with Crippen LogP contribution in [-0.2, 0) is 5.41 Å². The van der Waals surface area contributed by atoms with E-state index in [1.54, 1.807) is 11.1 Å². The average molecular weight is 721 g/mol. The van der Waals surface area contributed by atoms with E-state index in [-0.39, 0.29) is 5.41 Å². The number of aromatic nitrogens is 2. The second-order valence-corrected chi connectivity index (χ2v) is 17.5. The van der Waals surface area contributed by atoms with Gasteiger partial charge < -0.3 is 0 Å². The van der Waals surface area contributed by atoms with Crippen molar-refractivity contribution < 1.29 is 0 Å². The van der Waals surface area contributed by atoms with E-state index in [9.17, 15) is 0 Å². The smallest absolute Gasteiger partial charge is 0.112 e. The third-order valence-electron chi connectivity index (χ3n) is 12.3. The van der Waals surface area contributed by atoms with E-state index in [0.717, 1.165) is 11.0 Å². The summed E-state index contributed by atoms with van der Waals surface area (Å²) in [7, 11) is 0. The Bertz CT molecular complexity index is 1620. The number of hydrogen-bond donors (Lipinski definition) is 0. The molecule has 0 saturated heterocycles. The van der Waals surface area contributed by atoms with Crippen LogP contribution in [0.1, 0.15) is 217 Å². The Morgan fingerprint density at radius 3 is 1.46 bits per heavy atom. The molecule has 0 saturated carbocycles. The fraction of sp³-hybridized carbons (Fsp3) is 0.633. The number of nitrogens with zero attached hydrogens (tertiary/aromatic N) is 2. The molecule has 3 heteroatoms. The Morgan fingerprint density at radius 1 is 0.481 bits per heavy atom. The van der Waals surface area contributed by atoms with Gasteiger partial charge in [-0.2, -0.15) is 8.75 Å². The molecule has 0 aliphatic heterocycles.